The SMILES string of the molecule is Cc1cccnc1-c1noc(C(N)Cc2cnc[nH]2)n1. The van der Waals surface area contributed by atoms with E-state index in [2.05, 4.69) is 25.1 Å². The lowest BCUT2D eigenvalue weighted by Gasteiger charge is -2.03. The number of nitrogens with one attached hydrogen (secondary N) is 1. The number of aromatic amines is 1. The maximum atomic E-state index is 6.05. The van der Waals surface area contributed by atoms with Crippen molar-refractivity contribution in [3.63, 3.8) is 0 Å². The summed E-state index contributed by atoms with van der Waals surface area (Å²) in [7, 11) is 0. The summed E-state index contributed by atoms with van der Waals surface area (Å²) in [5, 5.41) is 3.94. The largest absolute Gasteiger partial charge is 0.348 e. The van der Waals surface area contributed by atoms with Crippen molar-refractivity contribution >= 4 is 0 Å². The molecule has 7 nitrogen and oxygen atoms in total. The van der Waals surface area contributed by atoms with E-state index in [1.165, 1.54) is 0 Å². The first kappa shape index (κ1) is 12.5. The van der Waals surface area contributed by atoms with Gasteiger partial charge in [-0.25, -0.2) is 4.98 Å². The molecule has 3 heterocycles. The van der Waals surface area contributed by atoms with Gasteiger partial charge in [0.25, 0.3) is 0 Å². The summed E-state index contributed by atoms with van der Waals surface area (Å²) in [6, 6.07) is 3.44. The summed E-state index contributed by atoms with van der Waals surface area (Å²) in [6.45, 7) is 1.95. The van der Waals surface area contributed by atoms with Crippen LogP contribution in [0, 0.1) is 6.92 Å². The highest BCUT2D eigenvalue weighted by atomic mass is 16.5. The van der Waals surface area contributed by atoms with Crippen molar-refractivity contribution in [1.29, 1.82) is 0 Å². The zero-order valence-corrected chi connectivity index (χ0v) is 10.9. The summed E-state index contributed by atoms with van der Waals surface area (Å²) in [6.07, 6.45) is 5.59. The molecule has 0 bridgehead atoms. The molecule has 0 radical (unpaired) electrons. The highest BCUT2D eigenvalue weighted by molar-refractivity contribution is 5.53. The Bertz CT molecular complexity index is 690. The third kappa shape index (κ3) is 2.43. The van der Waals surface area contributed by atoms with Gasteiger partial charge >= 0.3 is 0 Å². The molecule has 1 unspecified atom stereocenters. The van der Waals surface area contributed by atoms with E-state index in [0.717, 1.165) is 11.3 Å². The van der Waals surface area contributed by atoms with Gasteiger partial charge in [0.15, 0.2) is 0 Å². The third-order valence-corrected chi connectivity index (χ3v) is 2.97. The normalized spacial score (nSPS) is 12.5. The number of hydrogen-bond acceptors (Lipinski definition) is 6. The maximum absolute atomic E-state index is 6.05. The van der Waals surface area contributed by atoms with Crippen molar-refractivity contribution in [1.82, 2.24) is 25.1 Å². The zero-order valence-electron chi connectivity index (χ0n) is 10.9. The van der Waals surface area contributed by atoms with Crippen molar-refractivity contribution in [2.75, 3.05) is 0 Å². The molecule has 0 saturated carbocycles. The van der Waals surface area contributed by atoms with E-state index in [4.69, 9.17) is 10.3 Å². The highest BCUT2D eigenvalue weighted by Gasteiger charge is 2.18. The Morgan fingerprint density at radius 2 is 2.35 bits per heavy atom. The van der Waals surface area contributed by atoms with E-state index in [-0.39, 0.29) is 6.04 Å². The smallest absolute Gasteiger partial charge is 0.244 e. The molecule has 102 valence electrons. The van der Waals surface area contributed by atoms with Crippen LogP contribution in [-0.2, 0) is 6.42 Å². The van der Waals surface area contributed by atoms with Crippen molar-refractivity contribution < 1.29 is 4.52 Å². The minimum atomic E-state index is -0.374. The third-order valence-electron chi connectivity index (χ3n) is 2.97. The van der Waals surface area contributed by atoms with Crippen LogP contribution in [0.4, 0.5) is 0 Å². The average molecular weight is 270 g/mol. The lowest BCUT2D eigenvalue weighted by molar-refractivity contribution is 0.353. The molecule has 0 aliphatic rings. The molecule has 3 aromatic rings. The molecule has 20 heavy (non-hydrogen) atoms. The predicted molar refractivity (Wildman–Crippen MR) is 71.5 cm³/mol. The second-order valence-corrected chi connectivity index (χ2v) is 4.51. The van der Waals surface area contributed by atoms with Crippen LogP contribution >= 0.6 is 0 Å². The number of aryl methyl sites for hydroxylation is 1. The first-order valence-electron chi connectivity index (χ1n) is 6.22. The first-order chi connectivity index (χ1) is 9.74. The predicted octanol–water partition coefficient (Wildman–Crippen LogP) is 1.41. The molecule has 0 saturated heterocycles. The quantitative estimate of drug-likeness (QED) is 0.742. The van der Waals surface area contributed by atoms with Gasteiger partial charge in [-0.3, -0.25) is 4.98 Å². The molecule has 0 aliphatic carbocycles. The number of hydrogen-bond donors (Lipinski definition) is 2. The Morgan fingerprint density at radius 1 is 1.45 bits per heavy atom. The molecular formula is C13H14N6O. The highest BCUT2D eigenvalue weighted by Crippen LogP contribution is 2.20. The number of nitrogens with two attached hydrogens (primary N) is 1. The van der Waals surface area contributed by atoms with Gasteiger partial charge in [0.05, 0.1) is 12.4 Å². The molecule has 0 spiro atoms. The van der Waals surface area contributed by atoms with Crippen molar-refractivity contribution in [3.05, 3.63) is 48.0 Å². The molecule has 0 fully saturated rings. The van der Waals surface area contributed by atoms with E-state index in [0.29, 0.717) is 23.8 Å². The summed E-state index contributed by atoms with van der Waals surface area (Å²) in [5.74, 6) is 0.845. The second kappa shape index (κ2) is 5.22. The fraction of sp³-hybridized carbons (Fsp3) is 0.231. The summed E-state index contributed by atoms with van der Waals surface area (Å²) < 4.78 is 5.22. The molecule has 0 aliphatic heterocycles. The molecule has 0 amide bonds. The molecule has 3 aromatic heterocycles. The first-order valence-corrected chi connectivity index (χ1v) is 6.22. The number of H-pyrrole nitrogens is 1. The fourth-order valence-electron chi connectivity index (χ4n) is 1.92. The number of imidazole rings is 1. The van der Waals surface area contributed by atoms with Crippen LogP contribution in [0.25, 0.3) is 11.5 Å². The van der Waals surface area contributed by atoms with Crippen LogP contribution in [0.3, 0.4) is 0 Å². The number of pyridine rings is 1. The van der Waals surface area contributed by atoms with E-state index >= 15 is 0 Å². The van der Waals surface area contributed by atoms with Crippen LogP contribution in [0.5, 0.6) is 0 Å². The van der Waals surface area contributed by atoms with Gasteiger partial charge in [0.1, 0.15) is 5.69 Å². The van der Waals surface area contributed by atoms with Crippen LogP contribution in [0.15, 0.2) is 35.4 Å². The van der Waals surface area contributed by atoms with Gasteiger partial charge in [-0.05, 0) is 18.6 Å². The number of aromatic nitrogens is 5. The average Bonchev–Trinajstić information content (AvgIpc) is 3.10. The monoisotopic (exact) mass is 270 g/mol. The van der Waals surface area contributed by atoms with Crippen molar-refractivity contribution in [2.45, 2.75) is 19.4 Å². The molecule has 7 heteroatoms. The van der Waals surface area contributed by atoms with Crippen molar-refractivity contribution in [2.24, 2.45) is 5.73 Å². The lowest BCUT2D eigenvalue weighted by Crippen LogP contribution is -2.14. The minimum absolute atomic E-state index is 0.374. The zero-order chi connectivity index (χ0) is 13.9. The second-order valence-electron chi connectivity index (χ2n) is 4.51. The van der Waals surface area contributed by atoms with Gasteiger partial charge in [-0.15, -0.1) is 0 Å². The van der Waals surface area contributed by atoms with Crippen LogP contribution < -0.4 is 5.73 Å². The van der Waals surface area contributed by atoms with Gasteiger partial charge in [-0.2, -0.15) is 4.98 Å². The van der Waals surface area contributed by atoms with E-state index in [1.54, 1.807) is 18.7 Å². The molecular weight excluding hydrogens is 256 g/mol. The minimum Gasteiger partial charge on any atom is -0.348 e. The molecule has 1 atom stereocenters. The standard InChI is InChI=1S/C13H14N6O/c1-8-3-2-4-16-11(8)12-18-13(20-19-12)10(14)5-9-6-15-7-17-9/h2-4,6-7,10H,5,14H2,1H3,(H,15,17). The summed E-state index contributed by atoms with van der Waals surface area (Å²) in [4.78, 5) is 15.5. The van der Waals surface area contributed by atoms with Gasteiger partial charge in [-0.1, -0.05) is 11.2 Å². The van der Waals surface area contributed by atoms with E-state index in [1.807, 2.05) is 19.1 Å². The van der Waals surface area contributed by atoms with Crippen LogP contribution in [0.2, 0.25) is 0 Å². The Kier molecular flexibility index (Phi) is 3.26. The van der Waals surface area contributed by atoms with E-state index < -0.39 is 0 Å². The topological polar surface area (TPSA) is 107 Å². The van der Waals surface area contributed by atoms with Gasteiger partial charge < -0.3 is 15.2 Å². The van der Waals surface area contributed by atoms with Gasteiger partial charge in [0, 0.05) is 24.5 Å². The maximum Gasteiger partial charge on any atom is 0.244 e. The van der Waals surface area contributed by atoms with Gasteiger partial charge in [0.2, 0.25) is 11.7 Å². The van der Waals surface area contributed by atoms with E-state index in [9.17, 15) is 0 Å². The number of rotatable bonds is 4. The van der Waals surface area contributed by atoms with Crippen LogP contribution in [0.1, 0.15) is 23.2 Å². The lowest BCUT2D eigenvalue weighted by atomic mass is 10.2. The molecule has 0 aromatic carbocycles. The fourth-order valence-corrected chi connectivity index (χ4v) is 1.92. The Morgan fingerprint density at radius 3 is 3.10 bits per heavy atom. The van der Waals surface area contributed by atoms with Crippen molar-refractivity contribution in [3.8, 4) is 11.5 Å². The number of nitrogens with zero attached hydrogens (tertiary/aromatic N) is 4. The summed E-state index contributed by atoms with van der Waals surface area (Å²) >= 11 is 0. The Labute approximate surface area is 115 Å². The molecule has 3 rings (SSSR count). The summed E-state index contributed by atoms with van der Waals surface area (Å²) in [5.41, 5.74) is 8.67. The Hall–Kier alpha value is -2.54. The van der Waals surface area contributed by atoms with Crippen LogP contribution in [-0.4, -0.2) is 25.1 Å². The molecule has 3 N–H and O–H groups in total. The Balaban J connectivity index is 1.81.